The smallest absolute Gasteiger partial charge is 0.270 e. The highest BCUT2D eigenvalue weighted by atomic mass is 127. The Balaban J connectivity index is 2.26. The predicted molar refractivity (Wildman–Crippen MR) is 85.2 cm³/mol. The standard InChI is InChI=1S/C14H10IN3O2/c1-9-16-12-4-2-3-5-14(12)17(9)13-7-6-10(18(19)20)8-11(13)15/h2-8H,1H3. The van der Waals surface area contributed by atoms with Crippen LogP contribution in [0.4, 0.5) is 5.69 Å². The lowest BCUT2D eigenvalue weighted by Crippen LogP contribution is -2.00. The first-order chi connectivity index (χ1) is 9.58. The summed E-state index contributed by atoms with van der Waals surface area (Å²) in [7, 11) is 0. The first-order valence-electron chi connectivity index (χ1n) is 5.96. The molecule has 20 heavy (non-hydrogen) atoms. The Bertz CT molecular complexity index is 826. The Morgan fingerprint density at radius 3 is 2.70 bits per heavy atom. The number of aryl methyl sites for hydroxylation is 1. The van der Waals surface area contributed by atoms with Gasteiger partial charge in [-0.15, -0.1) is 0 Å². The van der Waals surface area contributed by atoms with Crippen molar-refractivity contribution in [2.45, 2.75) is 6.92 Å². The fraction of sp³-hybridized carbons (Fsp3) is 0.0714. The van der Waals surface area contributed by atoms with E-state index in [1.807, 2.05) is 35.8 Å². The average molecular weight is 379 g/mol. The summed E-state index contributed by atoms with van der Waals surface area (Å²) >= 11 is 2.12. The van der Waals surface area contributed by atoms with Crippen molar-refractivity contribution in [3.05, 3.63) is 62.0 Å². The van der Waals surface area contributed by atoms with E-state index in [2.05, 4.69) is 27.6 Å². The molecule has 0 saturated carbocycles. The van der Waals surface area contributed by atoms with E-state index in [1.165, 1.54) is 6.07 Å². The lowest BCUT2D eigenvalue weighted by Gasteiger charge is -2.09. The molecule has 0 aliphatic carbocycles. The van der Waals surface area contributed by atoms with Crippen LogP contribution in [-0.2, 0) is 0 Å². The van der Waals surface area contributed by atoms with E-state index in [0.717, 1.165) is 26.1 Å². The van der Waals surface area contributed by atoms with Gasteiger partial charge in [0.15, 0.2) is 0 Å². The van der Waals surface area contributed by atoms with Crippen LogP contribution >= 0.6 is 22.6 Å². The molecule has 0 aliphatic heterocycles. The van der Waals surface area contributed by atoms with Crippen LogP contribution in [0.15, 0.2) is 42.5 Å². The van der Waals surface area contributed by atoms with Gasteiger partial charge in [0.1, 0.15) is 5.82 Å². The van der Waals surface area contributed by atoms with Gasteiger partial charge in [-0.2, -0.15) is 0 Å². The molecule has 0 spiro atoms. The van der Waals surface area contributed by atoms with E-state index in [-0.39, 0.29) is 10.6 Å². The van der Waals surface area contributed by atoms with Crippen molar-refractivity contribution in [1.82, 2.24) is 9.55 Å². The van der Waals surface area contributed by atoms with Crippen LogP contribution in [0.25, 0.3) is 16.7 Å². The highest BCUT2D eigenvalue weighted by Gasteiger charge is 2.14. The van der Waals surface area contributed by atoms with Crippen molar-refractivity contribution in [1.29, 1.82) is 0 Å². The summed E-state index contributed by atoms with van der Waals surface area (Å²) in [5.74, 6) is 0.859. The van der Waals surface area contributed by atoms with E-state index < -0.39 is 0 Å². The number of rotatable bonds is 2. The number of para-hydroxylation sites is 2. The zero-order valence-corrected chi connectivity index (χ0v) is 12.7. The molecule has 0 amide bonds. The molecule has 3 rings (SSSR count). The molecule has 5 nitrogen and oxygen atoms in total. The molecular weight excluding hydrogens is 369 g/mol. The number of aromatic nitrogens is 2. The number of nitro groups is 1. The highest BCUT2D eigenvalue weighted by molar-refractivity contribution is 14.1. The quantitative estimate of drug-likeness (QED) is 0.386. The number of nitro benzene ring substituents is 1. The number of nitrogens with zero attached hydrogens (tertiary/aromatic N) is 3. The Morgan fingerprint density at radius 1 is 1.25 bits per heavy atom. The SMILES string of the molecule is Cc1nc2ccccc2n1-c1ccc([N+](=O)[O-])cc1I. The van der Waals surface area contributed by atoms with Crippen LogP contribution in [0.1, 0.15) is 5.82 Å². The fourth-order valence-corrected chi connectivity index (χ4v) is 2.98. The van der Waals surface area contributed by atoms with Gasteiger partial charge in [-0.05, 0) is 47.7 Å². The van der Waals surface area contributed by atoms with Gasteiger partial charge in [-0.25, -0.2) is 4.98 Å². The zero-order chi connectivity index (χ0) is 14.3. The van der Waals surface area contributed by atoms with E-state index in [4.69, 9.17) is 0 Å². The lowest BCUT2D eigenvalue weighted by atomic mass is 10.2. The molecule has 0 fully saturated rings. The van der Waals surface area contributed by atoms with E-state index >= 15 is 0 Å². The Morgan fingerprint density at radius 2 is 2.00 bits per heavy atom. The average Bonchev–Trinajstić information content (AvgIpc) is 2.74. The van der Waals surface area contributed by atoms with Gasteiger partial charge >= 0.3 is 0 Å². The molecule has 1 aromatic heterocycles. The Labute approximate surface area is 128 Å². The van der Waals surface area contributed by atoms with Crippen LogP contribution in [0.2, 0.25) is 0 Å². The molecule has 0 unspecified atom stereocenters. The molecular formula is C14H10IN3O2. The van der Waals surface area contributed by atoms with Crippen LogP contribution in [0.5, 0.6) is 0 Å². The maximum atomic E-state index is 10.8. The zero-order valence-electron chi connectivity index (χ0n) is 10.6. The molecule has 0 radical (unpaired) electrons. The first-order valence-corrected chi connectivity index (χ1v) is 7.04. The Kier molecular flexibility index (Phi) is 3.17. The second-order valence-corrected chi connectivity index (χ2v) is 5.54. The van der Waals surface area contributed by atoms with Crippen molar-refractivity contribution < 1.29 is 4.92 Å². The second-order valence-electron chi connectivity index (χ2n) is 4.38. The van der Waals surface area contributed by atoms with Crippen molar-refractivity contribution in [2.24, 2.45) is 0 Å². The van der Waals surface area contributed by atoms with Crippen LogP contribution in [-0.4, -0.2) is 14.5 Å². The van der Waals surface area contributed by atoms with E-state index in [1.54, 1.807) is 12.1 Å². The molecule has 0 saturated heterocycles. The van der Waals surface area contributed by atoms with Crippen molar-refractivity contribution in [3.8, 4) is 5.69 Å². The van der Waals surface area contributed by atoms with Gasteiger partial charge in [0.2, 0.25) is 0 Å². The van der Waals surface area contributed by atoms with Gasteiger partial charge in [-0.3, -0.25) is 14.7 Å². The van der Waals surface area contributed by atoms with Crippen molar-refractivity contribution in [3.63, 3.8) is 0 Å². The van der Waals surface area contributed by atoms with Crippen LogP contribution in [0, 0.1) is 20.6 Å². The third-order valence-electron chi connectivity index (χ3n) is 3.11. The van der Waals surface area contributed by atoms with E-state index in [0.29, 0.717) is 0 Å². The van der Waals surface area contributed by atoms with Crippen molar-refractivity contribution in [2.75, 3.05) is 0 Å². The van der Waals surface area contributed by atoms with Gasteiger partial charge in [0.25, 0.3) is 5.69 Å². The fourth-order valence-electron chi connectivity index (χ4n) is 2.24. The minimum atomic E-state index is -0.384. The molecule has 0 N–H and O–H groups in total. The maximum Gasteiger partial charge on any atom is 0.270 e. The Hall–Kier alpha value is -1.96. The van der Waals surface area contributed by atoms with Gasteiger partial charge < -0.3 is 0 Å². The van der Waals surface area contributed by atoms with E-state index in [9.17, 15) is 10.1 Å². The predicted octanol–water partition coefficient (Wildman–Crippen LogP) is 3.85. The highest BCUT2D eigenvalue weighted by Crippen LogP contribution is 2.27. The summed E-state index contributed by atoms with van der Waals surface area (Å²) in [6, 6.07) is 12.7. The minimum Gasteiger partial charge on any atom is -0.295 e. The number of hydrogen-bond acceptors (Lipinski definition) is 3. The number of imidazole rings is 1. The van der Waals surface area contributed by atoms with Crippen LogP contribution in [0.3, 0.4) is 0 Å². The van der Waals surface area contributed by atoms with Crippen molar-refractivity contribution >= 4 is 39.3 Å². The molecule has 3 aromatic rings. The summed E-state index contributed by atoms with van der Waals surface area (Å²) in [4.78, 5) is 14.9. The first kappa shape index (κ1) is 13.0. The summed E-state index contributed by atoms with van der Waals surface area (Å²) in [6.45, 7) is 1.93. The lowest BCUT2D eigenvalue weighted by molar-refractivity contribution is -0.384. The van der Waals surface area contributed by atoms with Crippen LogP contribution < -0.4 is 0 Å². The second kappa shape index (κ2) is 4.86. The molecule has 2 aromatic carbocycles. The van der Waals surface area contributed by atoms with Gasteiger partial charge in [0.05, 0.1) is 21.6 Å². The minimum absolute atomic E-state index is 0.0974. The topological polar surface area (TPSA) is 61.0 Å². The molecule has 1 heterocycles. The number of non-ortho nitro benzene ring substituents is 1. The summed E-state index contributed by atoms with van der Waals surface area (Å²) in [6.07, 6.45) is 0. The van der Waals surface area contributed by atoms with Gasteiger partial charge in [0, 0.05) is 15.7 Å². The number of benzene rings is 2. The number of halogens is 1. The maximum absolute atomic E-state index is 10.8. The molecule has 0 bridgehead atoms. The molecule has 0 aliphatic rings. The molecule has 100 valence electrons. The largest absolute Gasteiger partial charge is 0.295 e. The number of fused-ring (bicyclic) bond motifs is 1. The monoisotopic (exact) mass is 379 g/mol. The molecule has 0 atom stereocenters. The third kappa shape index (κ3) is 2.05. The molecule has 6 heteroatoms. The third-order valence-corrected chi connectivity index (χ3v) is 3.98. The summed E-state index contributed by atoms with van der Waals surface area (Å²) < 4.78 is 2.84. The summed E-state index contributed by atoms with van der Waals surface area (Å²) in [5.41, 5.74) is 2.92. The normalized spacial score (nSPS) is 10.9. The summed E-state index contributed by atoms with van der Waals surface area (Å²) in [5, 5.41) is 10.8. The van der Waals surface area contributed by atoms with Gasteiger partial charge in [-0.1, -0.05) is 12.1 Å². The number of hydrogen-bond donors (Lipinski definition) is 0.